The van der Waals surface area contributed by atoms with Crippen LogP contribution in [0.5, 0.6) is 0 Å². The van der Waals surface area contributed by atoms with E-state index < -0.39 is 17.9 Å². The van der Waals surface area contributed by atoms with Gasteiger partial charge in [-0.15, -0.1) is 0 Å². The van der Waals surface area contributed by atoms with Crippen LogP contribution in [-0.4, -0.2) is 60.0 Å². The first-order chi connectivity index (χ1) is 17.6. The number of benzene rings is 1. The summed E-state index contributed by atoms with van der Waals surface area (Å²) in [4.78, 5) is 40.6. The molecule has 1 unspecified atom stereocenters. The van der Waals surface area contributed by atoms with E-state index in [9.17, 15) is 14.4 Å². The summed E-state index contributed by atoms with van der Waals surface area (Å²) >= 11 is 0. The summed E-state index contributed by atoms with van der Waals surface area (Å²) in [6, 6.07) is 11.4. The van der Waals surface area contributed by atoms with Crippen LogP contribution in [0.25, 0.3) is 11.3 Å². The minimum absolute atomic E-state index is 0.0805. The highest BCUT2D eigenvalue weighted by Crippen LogP contribution is 2.33. The van der Waals surface area contributed by atoms with Crippen LogP contribution in [0.1, 0.15) is 62.6 Å². The monoisotopic (exact) mass is 506 g/mol. The molecule has 2 amide bonds. The van der Waals surface area contributed by atoms with E-state index in [1.54, 1.807) is 41.3 Å². The number of nitrogens with zero attached hydrogens (tertiary/aromatic N) is 2. The Hall–Kier alpha value is -3.64. The van der Waals surface area contributed by atoms with Gasteiger partial charge >= 0.3 is 5.97 Å². The predicted octanol–water partition coefficient (Wildman–Crippen LogP) is 3.25. The second kappa shape index (κ2) is 10.8. The van der Waals surface area contributed by atoms with Gasteiger partial charge < -0.3 is 24.7 Å². The van der Waals surface area contributed by atoms with Gasteiger partial charge in [0.15, 0.2) is 5.76 Å². The summed E-state index contributed by atoms with van der Waals surface area (Å²) in [6.45, 7) is 6.75. The molecule has 4 rings (SSSR count). The molecule has 4 atom stereocenters. The lowest BCUT2D eigenvalue weighted by Crippen LogP contribution is -2.55. The van der Waals surface area contributed by atoms with Crippen molar-refractivity contribution >= 4 is 17.8 Å². The second-order valence-electron chi connectivity index (χ2n) is 10.8. The Morgan fingerprint density at radius 2 is 1.84 bits per heavy atom. The van der Waals surface area contributed by atoms with Gasteiger partial charge in [-0.25, -0.2) is 0 Å². The fourth-order valence-electron chi connectivity index (χ4n) is 5.39. The maximum absolute atomic E-state index is 13.3. The smallest absolute Gasteiger partial charge is 0.310 e. The Kier molecular flexibility index (Phi) is 7.69. The van der Waals surface area contributed by atoms with Gasteiger partial charge in [0.25, 0.3) is 5.91 Å². The fourth-order valence-corrected chi connectivity index (χ4v) is 5.39. The number of furan rings is 1. The van der Waals surface area contributed by atoms with Gasteiger partial charge in [-0.2, -0.15) is 5.26 Å². The summed E-state index contributed by atoms with van der Waals surface area (Å²) in [6.07, 6.45) is 2.59. The number of likely N-dealkylation sites (tertiary alicyclic amines) is 1. The van der Waals surface area contributed by atoms with Crippen LogP contribution in [0.15, 0.2) is 40.8 Å². The number of carbonyl (C=O) groups is 3. The van der Waals surface area contributed by atoms with Crippen LogP contribution in [0.4, 0.5) is 0 Å². The second-order valence-corrected chi connectivity index (χ2v) is 10.8. The Labute approximate surface area is 217 Å². The molecular formula is C28H34N4O5. The third-order valence-electron chi connectivity index (χ3n) is 7.03. The lowest BCUT2D eigenvalue weighted by Gasteiger charge is -2.41. The third kappa shape index (κ3) is 6.03. The molecule has 1 aromatic heterocycles. The zero-order valence-corrected chi connectivity index (χ0v) is 21.7. The number of rotatable bonds is 6. The molecule has 1 saturated carbocycles. The minimum Gasteiger partial charge on any atom is -0.469 e. The molecule has 1 aliphatic carbocycles. The molecular weight excluding hydrogens is 472 g/mol. The van der Waals surface area contributed by atoms with Crippen molar-refractivity contribution in [2.75, 3.05) is 13.7 Å². The van der Waals surface area contributed by atoms with Gasteiger partial charge in [-0.1, -0.05) is 0 Å². The van der Waals surface area contributed by atoms with Crippen LogP contribution in [0, 0.1) is 17.2 Å². The van der Waals surface area contributed by atoms with Crippen molar-refractivity contribution in [3.05, 3.63) is 47.7 Å². The molecule has 0 bridgehead atoms. The number of esters is 1. The first-order valence-corrected chi connectivity index (χ1v) is 12.7. The number of methoxy groups -OCH3 is 1. The molecule has 2 N–H and O–H groups in total. The Morgan fingerprint density at radius 1 is 1.11 bits per heavy atom. The summed E-state index contributed by atoms with van der Waals surface area (Å²) < 4.78 is 10.8. The number of ether oxygens (including phenoxy) is 1. The van der Waals surface area contributed by atoms with E-state index in [0.29, 0.717) is 37.1 Å². The number of nitriles is 1. The maximum atomic E-state index is 13.3. The Bertz CT molecular complexity index is 1190. The molecule has 0 radical (unpaired) electrons. The van der Waals surface area contributed by atoms with Crippen molar-refractivity contribution in [3.63, 3.8) is 0 Å². The molecule has 1 aromatic carbocycles. The number of hydrogen-bond donors (Lipinski definition) is 2. The number of hydrogen-bond acceptors (Lipinski definition) is 7. The highest BCUT2D eigenvalue weighted by atomic mass is 16.5. The summed E-state index contributed by atoms with van der Waals surface area (Å²) in [7, 11) is 1.38. The summed E-state index contributed by atoms with van der Waals surface area (Å²) in [5, 5.41) is 15.3. The number of amides is 2. The molecule has 0 spiro atoms. The maximum Gasteiger partial charge on any atom is 0.310 e. The van der Waals surface area contributed by atoms with Crippen molar-refractivity contribution in [3.8, 4) is 17.4 Å². The summed E-state index contributed by atoms with van der Waals surface area (Å²) in [5.74, 6) is -0.785. The zero-order valence-electron chi connectivity index (χ0n) is 21.7. The van der Waals surface area contributed by atoms with Crippen LogP contribution in [0.3, 0.4) is 0 Å². The lowest BCUT2D eigenvalue weighted by atomic mass is 9.80. The van der Waals surface area contributed by atoms with Crippen LogP contribution in [0.2, 0.25) is 0 Å². The lowest BCUT2D eigenvalue weighted by molar-refractivity contribution is -0.151. The standard InChI is InChI=1S/C28H34N4O5/c1-28(2,3)31-19-9-10-22(20(15-19)27(35)36-4)32-14-13-21(26(32)34)30-25(33)24-12-11-23(37-24)18-7-5-17(16-29)6-8-18/h5-8,11-12,19-22,31H,9-10,13-15H2,1-4H3,(H,30,33)/t19-,20-,21?,22+/m1/s1. The molecule has 196 valence electrons. The van der Waals surface area contributed by atoms with E-state index in [1.807, 2.05) is 0 Å². The van der Waals surface area contributed by atoms with Gasteiger partial charge in [0.1, 0.15) is 11.8 Å². The van der Waals surface area contributed by atoms with E-state index in [-0.39, 0.29) is 35.3 Å². The third-order valence-corrected chi connectivity index (χ3v) is 7.03. The minimum atomic E-state index is -0.681. The molecule has 2 heterocycles. The highest BCUT2D eigenvalue weighted by Gasteiger charge is 2.45. The molecule has 1 saturated heterocycles. The van der Waals surface area contributed by atoms with Crippen LogP contribution < -0.4 is 10.6 Å². The van der Waals surface area contributed by atoms with E-state index in [1.165, 1.54) is 7.11 Å². The molecule has 2 aromatic rings. The highest BCUT2D eigenvalue weighted by molar-refractivity contribution is 5.96. The first kappa shape index (κ1) is 26.4. The Morgan fingerprint density at radius 3 is 2.49 bits per heavy atom. The molecule has 37 heavy (non-hydrogen) atoms. The first-order valence-electron chi connectivity index (χ1n) is 12.7. The molecule has 1 aliphatic heterocycles. The average molecular weight is 507 g/mol. The van der Waals surface area contributed by atoms with Crippen molar-refractivity contribution in [1.82, 2.24) is 15.5 Å². The van der Waals surface area contributed by atoms with Crippen molar-refractivity contribution < 1.29 is 23.5 Å². The topological polar surface area (TPSA) is 125 Å². The summed E-state index contributed by atoms with van der Waals surface area (Å²) in [5.41, 5.74) is 1.19. The normalized spacial score (nSPS) is 24.0. The molecule has 2 fully saturated rings. The molecule has 9 heteroatoms. The van der Waals surface area contributed by atoms with Crippen LogP contribution >= 0.6 is 0 Å². The van der Waals surface area contributed by atoms with Crippen LogP contribution in [-0.2, 0) is 14.3 Å². The number of carbonyl (C=O) groups excluding carboxylic acids is 3. The van der Waals surface area contributed by atoms with Gasteiger partial charge in [-0.05, 0) is 82.9 Å². The zero-order chi connectivity index (χ0) is 26.7. The quantitative estimate of drug-likeness (QED) is 0.576. The van der Waals surface area contributed by atoms with Crippen molar-refractivity contribution in [2.24, 2.45) is 5.92 Å². The SMILES string of the molecule is COC(=O)[C@@H]1C[C@H](NC(C)(C)C)CC[C@@H]1N1CCC(NC(=O)c2ccc(-c3ccc(C#N)cc3)o2)C1=O. The van der Waals surface area contributed by atoms with Crippen molar-refractivity contribution in [2.45, 2.75) is 70.1 Å². The van der Waals surface area contributed by atoms with Gasteiger partial charge in [0, 0.05) is 29.7 Å². The van der Waals surface area contributed by atoms with E-state index >= 15 is 0 Å². The number of nitrogens with one attached hydrogen (secondary N) is 2. The van der Waals surface area contributed by atoms with E-state index in [2.05, 4.69) is 37.5 Å². The van der Waals surface area contributed by atoms with Gasteiger partial charge in [0.05, 0.1) is 24.7 Å². The predicted molar refractivity (Wildman–Crippen MR) is 136 cm³/mol. The molecule has 9 nitrogen and oxygen atoms in total. The van der Waals surface area contributed by atoms with Gasteiger partial charge in [-0.3, -0.25) is 14.4 Å². The fraction of sp³-hybridized carbons (Fsp3) is 0.500. The van der Waals surface area contributed by atoms with E-state index in [4.69, 9.17) is 14.4 Å². The Balaban J connectivity index is 1.40. The average Bonchev–Trinajstić information content (AvgIpc) is 3.50. The van der Waals surface area contributed by atoms with Crippen molar-refractivity contribution in [1.29, 1.82) is 5.26 Å². The largest absolute Gasteiger partial charge is 0.469 e. The molecule has 2 aliphatic rings. The van der Waals surface area contributed by atoms with E-state index in [0.717, 1.165) is 12.0 Å². The van der Waals surface area contributed by atoms with Gasteiger partial charge in [0.2, 0.25) is 5.91 Å².